The van der Waals surface area contributed by atoms with Gasteiger partial charge in [-0.1, -0.05) is 31.2 Å². The molecule has 0 radical (unpaired) electrons. The van der Waals surface area contributed by atoms with Crippen LogP contribution in [0.3, 0.4) is 0 Å². The van der Waals surface area contributed by atoms with Gasteiger partial charge in [0.15, 0.2) is 5.78 Å². The van der Waals surface area contributed by atoms with E-state index in [2.05, 4.69) is 0 Å². The zero-order valence-electron chi connectivity index (χ0n) is 9.82. The van der Waals surface area contributed by atoms with Gasteiger partial charge in [-0.3, -0.25) is 4.79 Å². The zero-order chi connectivity index (χ0) is 11.8. The Kier molecular flexibility index (Phi) is 2.82. The molecule has 86 valence electrons. The standard InChI is InChI=1S/C13H16O3/c1-9-8-12(14)13(15-2,16-3)11-7-5-4-6-10(9)11/h4-7,9H,8H2,1-3H3. The molecule has 1 atom stereocenters. The molecule has 0 spiro atoms. The molecule has 1 aromatic carbocycles. The molecule has 16 heavy (non-hydrogen) atoms. The lowest BCUT2D eigenvalue weighted by Gasteiger charge is -2.37. The molecule has 0 saturated carbocycles. The number of ketones is 1. The Labute approximate surface area is 95.4 Å². The van der Waals surface area contributed by atoms with E-state index in [4.69, 9.17) is 9.47 Å². The van der Waals surface area contributed by atoms with E-state index in [9.17, 15) is 4.79 Å². The third kappa shape index (κ3) is 1.39. The van der Waals surface area contributed by atoms with Gasteiger partial charge in [0.05, 0.1) is 0 Å². The van der Waals surface area contributed by atoms with Crippen LogP contribution in [-0.4, -0.2) is 20.0 Å². The average Bonchev–Trinajstić information content (AvgIpc) is 2.31. The highest BCUT2D eigenvalue weighted by Gasteiger charge is 2.46. The summed E-state index contributed by atoms with van der Waals surface area (Å²) in [5, 5.41) is 0. The fraction of sp³-hybridized carbons (Fsp3) is 0.462. The van der Waals surface area contributed by atoms with Gasteiger partial charge >= 0.3 is 0 Å². The Morgan fingerprint density at radius 2 is 1.88 bits per heavy atom. The molecule has 1 aliphatic carbocycles. The summed E-state index contributed by atoms with van der Waals surface area (Å²) >= 11 is 0. The van der Waals surface area contributed by atoms with Crippen molar-refractivity contribution in [3.63, 3.8) is 0 Å². The molecule has 0 aliphatic heterocycles. The molecule has 0 amide bonds. The van der Waals surface area contributed by atoms with E-state index < -0.39 is 5.79 Å². The summed E-state index contributed by atoms with van der Waals surface area (Å²) in [6.45, 7) is 2.05. The van der Waals surface area contributed by atoms with Crippen molar-refractivity contribution in [3.8, 4) is 0 Å². The smallest absolute Gasteiger partial charge is 0.256 e. The molecule has 0 fully saturated rings. The van der Waals surface area contributed by atoms with E-state index >= 15 is 0 Å². The molecule has 0 N–H and O–H groups in total. The minimum absolute atomic E-state index is 0.0105. The van der Waals surface area contributed by atoms with Gasteiger partial charge in [-0.15, -0.1) is 0 Å². The van der Waals surface area contributed by atoms with Crippen molar-refractivity contribution in [2.45, 2.75) is 25.0 Å². The first kappa shape index (κ1) is 11.3. The van der Waals surface area contributed by atoms with Gasteiger partial charge in [-0.2, -0.15) is 0 Å². The molecule has 0 bridgehead atoms. The molecule has 2 rings (SSSR count). The van der Waals surface area contributed by atoms with Crippen molar-refractivity contribution in [2.24, 2.45) is 0 Å². The van der Waals surface area contributed by atoms with Gasteiger partial charge in [-0.05, 0) is 11.5 Å². The summed E-state index contributed by atoms with van der Waals surface area (Å²) in [7, 11) is 3.02. The first-order valence-electron chi connectivity index (χ1n) is 5.38. The molecule has 1 unspecified atom stereocenters. The minimum Gasteiger partial charge on any atom is -0.343 e. The number of fused-ring (bicyclic) bond motifs is 1. The number of carbonyl (C=O) groups excluding carboxylic acids is 1. The van der Waals surface area contributed by atoms with E-state index in [0.29, 0.717) is 6.42 Å². The lowest BCUT2D eigenvalue weighted by molar-refractivity contribution is -0.216. The summed E-state index contributed by atoms with van der Waals surface area (Å²) in [5.41, 5.74) is 1.97. The van der Waals surface area contributed by atoms with Crippen LogP contribution in [0.5, 0.6) is 0 Å². The van der Waals surface area contributed by atoms with Crippen LogP contribution in [0.15, 0.2) is 24.3 Å². The molecule has 3 nitrogen and oxygen atoms in total. The molecule has 0 heterocycles. The Morgan fingerprint density at radius 1 is 1.25 bits per heavy atom. The highest BCUT2D eigenvalue weighted by Crippen LogP contribution is 2.41. The van der Waals surface area contributed by atoms with E-state index in [1.807, 2.05) is 31.2 Å². The van der Waals surface area contributed by atoms with Crippen LogP contribution in [0.25, 0.3) is 0 Å². The maximum Gasteiger partial charge on any atom is 0.256 e. The number of ether oxygens (including phenoxy) is 2. The SMILES string of the molecule is COC1(OC)C(=O)CC(C)c2ccccc21. The molecule has 0 saturated heterocycles. The second-order valence-electron chi connectivity index (χ2n) is 4.14. The Morgan fingerprint density at radius 3 is 2.50 bits per heavy atom. The van der Waals surface area contributed by atoms with Crippen LogP contribution >= 0.6 is 0 Å². The molecule has 1 aromatic rings. The number of hydrogen-bond donors (Lipinski definition) is 0. The normalized spacial score (nSPS) is 22.9. The summed E-state index contributed by atoms with van der Waals surface area (Å²) in [6.07, 6.45) is 0.457. The third-order valence-electron chi connectivity index (χ3n) is 3.28. The minimum atomic E-state index is -1.21. The molecular formula is C13H16O3. The van der Waals surface area contributed by atoms with Crippen LogP contribution in [0.2, 0.25) is 0 Å². The van der Waals surface area contributed by atoms with Crippen molar-refractivity contribution in [1.82, 2.24) is 0 Å². The second kappa shape index (κ2) is 4.00. The average molecular weight is 220 g/mol. The van der Waals surface area contributed by atoms with Gasteiger partial charge in [0.1, 0.15) is 0 Å². The number of methoxy groups -OCH3 is 2. The molecule has 0 aromatic heterocycles. The van der Waals surface area contributed by atoms with Gasteiger partial charge < -0.3 is 9.47 Å². The predicted molar refractivity (Wildman–Crippen MR) is 60.2 cm³/mol. The van der Waals surface area contributed by atoms with E-state index in [0.717, 1.165) is 11.1 Å². The Balaban J connectivity index is 2.63. The van der Waals surface area contributed by atoms with Crippen molar-refractivity contribution < 1.29 is 14.3 Å². The highest BCUT2D eigenvalue weighted by molar-refractivity contribution is 5.90. The van der Waals surface area contributed by atoms with Gasteiger partial charge in [0, 0.05) is 26.2 Å². The Hall–Kier alpha value is -1.19. The largest absolute Gasteiger partial charge is 0.343 e. The topological polar surface area (TPSA) is 35.5 Å². The molecule has 3 heteroatoms. The van der Waals surface area contributed by atoms with Crippen molar-refractivity contribution >= 4 is 5.78 Å². The number of rotatable bonds is 2. The lowest BCUT2D eigenvalue weighted by atomic mass is 9.79. The maximum atomic E-state index is 12.1. The van der Waals surface area contributed by atoms with Crippen LogP contribution < -0.4 is 0 Å². The van der Waals surface area contributed by atoms with E-state index in [1.165, 1.54) is 14.2 Å². The Bertz CT molecular complexity index is 407. The summed E-state index contributed by atoms with van der Waals surface area (Å²) in [5.74, 6) is -0.992. The quantitative estimate of drug-likeness (QED) is 0.717. The first-order chi connectivity index (χ1) is 7.65. The van der Waals surface area contributed by atoms with Crippen LogP contribution in [-0.2, 0) is 20.1 Å². The van der Waals surface area contributed by atoms with Gasteiger partial charge in [-0.25, -0.2) is 0 Å². The summed E-state index contributed by atoms with van der Waals surface area (Å²) in [6, 6.07) is 7.80. The van der Waals surface area contributed by atoms with Crippen LogP contribution in [0.4, 0.5) is 0 Å². The fourth-order valence-electron chi connectivity index (χ4n) is 2.43. The number of hydrogen-bond acceptors (Lipinski definition) is 3. The number of benzene rings is 1. The monoisotopic (exact) mass is 220 g/mol. The summed E-state index contributed by atoms with van der Waals surface area (Å²) < 4.78 is 10.7. The second-order valence-corrected chi connectivity index (χ2v) is 4.14. The van der Waals surface area contributed by atoms with Crippen molar-refractivity contribution in [3.05, 3.63) is 35.4 Å². The van der Waals surface area contributed by atoms with Crippen LogP contribution in [0, 0.1) is 0 Å². The first-order valence-corrected chi connectivity index (χ1v) is 5.38. The van der Waals surface area contributed by atoms with E-state index in [-0.39, 0.29) is 11.7 Å². The third-order valence-corrected chi connectivity index (χ3v) is 3.28. The lowest BCUT2D eigenvalue weighted by Crippen LogP contribution is -2.44. The summed E-state index contributed by atoms with van der Waals surface area (Å²) in [4.78, 5) is 12.1. The maximum absolute atomic E-state index is 12.1. The van der Waals surface area contributed by atoms with Gasteiger partial charge in [0.2, 0.25) is 0 Å². The molecule has 1 aliphatic rings. The predicted octanol–water partition coefficient (Wildman–Crippen LogP) is 2.21. The van der Waals surface area contributed by atoms with Gasteiger partial charge in [0.25, 0.3) is 5.79 Å². The van der Waals surface area contributed by atoms with Crippen LogP contribution in [0.1, 0.15) is 30.4 Å². The fourth-order valence-corrected chi connectivity index (χ4v) is 2.43. The highest BCUT2D eigenvalue weighted by atomic mass is 16.7. The zero-order valence-corrected chi connectivity index (χ0v) is 9.82. The number of Topliss-reactive ketones (excluding diaryl/α,β-unsaturated/α-hetero) is 1. The van der Waals surface area contributed by atoms with Crippen molar-refractivity contribution in [2.75, 3.05) is 14.2 Å². The molecular weight excluding hydrogens is 204 g/mol. The van der Waals surface area contributed by atoms with Crippen molar-refractivity contribution in [1.29, 1.82) is 0 Å². The number of carbonyl (C=O) groups is 1. The van der Waals surface area contributed by atoms with E-state index in [1.54, 1.807) is 0 Å².